The second-order valence-corrected chi connectivity index (χ2v) is 5.36. The quantitative estimate of drug-likeness (QED) is 0.904. The average Bonchev–Trinajstić information content (AvgIpc) is 2.69. The lowest BCUT2D eigenvalue weighted by Crippen LogP contribution is -2.19. The number of pyridine rings is 1. The number of benzene rings is 1. The number of fused-ring (bicyclic) bond motifs is 1. The number of para-hydroxylation sites is 1. The highest BCUT2D eigenvalue weighted by Crippen LogP contribution is 2.32. The number of aryl methyl sites for hydroxylation is 1. The normalized spacial score (nSPS) is 16.4. The molecule has 104 valence electrons. The van der Waals surface area contributed by atoms with Gasteiger partial charge in [-0.15, -0.1) is 0 Å². The van der Waals surface area contributed by atoms with Crippen molar-refractivity contribution >= 4 is 11.5 Å². The molecule has 1 atom stereocenters. The van der Waals surface area contributed by atoms with Gasteiger partial charge in [0.25, 0.3) is 0 Å². The summed E-state index contributed by atoms with van der Waals surface area (Å²) in [6.07, 6.45) is 4.82. The standard InChI is InChI=1S/C17H20N2O/c1-13(20)15-9-10-18-17(12-15)19-11-5-4-7-14-6-2-3-8-16(14)19/h2-3,6,8-10,12-13,20H,4-5,7,11H2,1H3. The monoisotopic (exact) mass is 268 g/mol. The fourth-order valence-electron chi connectivity index (χ4n) is 2.77. The van der Waals surface area contributed by atoms with E-state index in [0.717, 1.165) is 30.8 Å². The van der Waals surface area contributed by atoms with Crippen LogP contribution >= 0.6 is 0 Å². The zero-order valence-electron chi connectivity index (χ0n) is 11.8. The van der Waals surface area contributed by atoms with Crippen LogP contribution in [0.3, 0.4) is 0 Å². The molecule has 0 amide bonds. The minimum atomic E-state index is -0.459. The average molecular weight is 268 g/mol. The molecule has 3 nitrogen and oxygen atoms in total. The van der Waals surface area contributed by atoms with Gasteiger partial charge in [-0.2, -0.15) is 0 Å². The van der Waals surface area contributed by atoms with Gasteiger partial charge in [0.1, 0.15) is 5.82 Å². The van der Waals surface area contributed by atoms with Crippen molar-refractivity contribution in [1.29, 1.82) is 0 Å². The fourth-order valence-corrected chi connectivity index (χ4v) is 2.77. The van der Waals surface area contributed by atoms with Crippen LogP contribution in [0.2, 0.25) is 0 Å². The lowest BCUT2D eigenvalue weighted by atomic mass is 10.1. The Morgan fingerprint density at radius 3 is 2.90 bits per heavy atom. The van der Waals surface area contributed by atoms with Gasteiger partial charge in [0, 0.05) is 18.4 Å². The maximum absolute atomic E-state index is 9.75. The zero-order valence-corrected chi connectivity index (χ0v) is 11.8. The van der Waals surface area contributed by atoms with Crippen LogP contribution < -0.4 is 4.90 Å². The molecular weight excluding hydrogens is 248 g/mol. The third-order valence-corrected chi connectivity index (χ3v) is 3.89. The smallest absolute Gasteiger partial charge is 0.133 e. The summed E-state index contributed by atoms with van der Waals surface area (Å²) in [7, 11) is 0. The number of aliphatic hydroxyl groups excluding tert-OH is 1. The molecule has 3 heteroatoms. The van der Waals surface area contributed by atoms with Crippen molar-refractivity contribution in [2.75, 3.05) is 11.4 Å². The maximum Gasteiger partial charge on any atom is 0.133 e. The second kappa shape index (κ2) is 5.63. The van der Waals surface area contributed by atoms with Crippen LogP contribution in [0.25, 0.3) is 0 Å². The Bertz CT molecular complexity index is 595. The van der Waals surface area contributed by atoms with Crippen molar-refractivity contribution in [3.8, 4) is 0 Å². The number of aliphatic hydroxyl groups is 1. The first kappa shape index (κ1) is 13.1. The van der Waals surface area contributed by atoms with E-state index in [-0.39, 0.29) is 0 Å². The van der Waals surface area contributed by atoms with Crippen LogP contribution in [0, 0.1) is 0 Å². The van der Waals surface area contributed by atoms with E-state index >= 15 is 0 Å². The summed E-state index contributed by atoms with van der Waals surface area (Å²) < 4.78 is 0. The Labute approximate surface area is 119 Å². The Morgan fingerprint density at radius 1 is 1.20 bits per heavy atom. The molecule has 0 radical (unpaired) electrons. The number of hydrogen-bond donors (Lipinski definition) is 1. The molecule has 0 bridgehead atoms. The summed E-state index contributed by atoms with van der Waals surface area (Å²) in [6.45, 7) is 2.77. The largest absolute Gasteiger partial charge is 0.389 e. The van der Waals surface area contributed by atoms with Crippen molar-refractivity contribution in [2.24, 2.45) is 0 Å². The predicted octanol–water partition coefficient (Wildman–Crippen LogP) is 3.61. The summed E-state index contributed by atoms with van der Waals surface area (Å²) in [5.74, 6) is 0.928. The van der Waals surface area contributed by atoms with E-state index in [2.05, 4.69) is 34.1 Å². The van der Waals surface area contributed by atoms with Crippen LogP contribution in [-0.4, -0.2) is 16.6 Å². The van der Waals surface area contributed by atoms with Gasteiger partial charge in [-0.05, 0) is 55.5 Å². The molecule has 1 N–H and O–H groups in total. The highest BCUT2D eigenvalue weighted by molar-refractivity contribution is 5.64. The highest BCUT2D eigenvalue weighted by Gasteiger charge is 2.17. The van der Waals surface area contributed by atoms with Gasteiger partial charge in [-0.25, -0.2) is 4.98 Å². The number of nitrogens with zero attached hydrogens (tertiary/aromatic N) is 2. The molecule has 0 fully saturated rings. The van der Waals surface area contributed by atoms with Gasteiger partial charge in [-0.1, -0.05) is 18.2 Å². The summed E-state index contributed by atoms with van der Waals surface area (Å²) in [4.78, 5) is 6.77. The van der Waals surface area contributed by atoms with Crippen molar-refractivity contribution in [2.45, 2.75) is 32.3 Å². The van der Waals surface area contributed by atoms with Crippen LogP contribution in [0.5, 0.6) is 0 Å². The predicted molar refractivity (Wildman–Crippen MR) is 81.3 cm³/mol. The Hall–Kier alpha value is -1.87. The minimum absolute atomic E-state index is 0.459. The molecule has 1 aromatic heterocycles. The van der Waals surface area contributed by atoms with E-state index in [0.29, 0.717) is 0 Å². The summed E-state index contributed by atoms with van der Waals surface area (Å²) in [5.41, 5.74) is 3.55. The number of hydrogen-bond acceptors (Lipinski definition) is 3. The van der Waals surface area contributed by atoms with E-state index < -0.39 is 6.10 Å². The topological polar surface area (TPSA) is 36.4 Å². The van der Waals surface area contributed by atoms with Gasteiger partial charge in [0.05, 0.1) is 6.10 Å². The van der Waals surface area contributed by atoms with Gasteiger partial charge < -0.3 is 10.0 Å². The number of anilines is 2. The maximum atomic E-state index is 9.75. The van der Waals surface area contributed by atoms with Crippen molar-refractivity contribution in [1.82, 2.24) is 4.98 Å². The molecule has 1 aliphatic heterocycles. The first-order chi connectivity index (χ1) is 9.75. The molecule has 1 aromatic carbocycles. The van der Waals surface area contributed by atoms with Gasteiger partial charge >= 0.3 is 0 Å². The lowest BCUT2D eigenvalue weighted by Gasteiger charge is -2.24. The van der Waals surface area contributed by atoms with Crippen molar-refractivity contribution in [3.05, 3.63) is 53.7 Å². The molecular formula is C17H20N2O. The lowest BCUT2D eigenvalue weighted by molar-refractivity contribution is 0.199. The molecule has 20 heavy (non-hydrogen) atoms. The van der Waals surface area contributed by atoms with E-state index in [1.807, 2.05) is 12.1 Å². The minimum Gasteiger partial charge on any atom is -0.389 e. The molecule has 0 saturated carbocycles. The molecule has 1 aliphatic rings. The molecule has 1 unspecified atom stereocenters. The number of rotatable bonds is 2. The van der Waals surface area contributed by atoms with Gasteiger partial charge in [0.2, 0.25) is 0 Å². The van der Waals surface area contributed by atoms with E-state index in [1.165, 1.54) is 17.7 Å². The first-order valence-electron chi connectivity index (χ1n) is 7.25. The Balaban J connectivity index is 2.03. The van der Waals surface area contributed by atoms with Gasteiger partial charge in [0.15, 0.2) is 0 Å². The molecule has 0 aliphatic carbocycles. The Morgan fingerprint density at radius 2 is 2.05 bits per heavy atom. The molecule has 2 heterocycles. The summed E-state index contributed by atoms with van der Waals surface area (Å²) in [5, 5.41) is 9.75. The summed E-state index contributed by atoms with van der Waals surface area (Å²) in [6, 6.07) is 12.4. The van der Waals surface area contributed by atoms with Crippen LogP contribution in [0.15, 0.2) is 42.6 Å². The van der Waals surface area contributed by atoms with E-state index in [9.17, 15) is 5.11 Å². The zero-order chi connectivity index (χ0) is 13.9. The molecule has 0 saturated heterocycles. The third-order valence-electron chi connectivity index (χ3n) is 3.89. The van der Waals surface area contributed by atoms with Crippen LogP contribution in [0.4, 0.5) is 11.5 Å². The summed E-state index contributed by atoms with van der Waals surface area (Å²) >= 11 is 0. The van der Waals surface area contributed by atoms with E-state index in [1.54, 1.807) is 13.1 Å². The van der Waals surface area contributed by atoms with Crippen molar-refractivity contribution in [3.63, 3.8) is 0 Å². The Kier molecular flexibility index (Phi) is 3.70. The number of aromatic nitrogens is 1. The van der Waals surface area contributed by atoms with E-state index in [4.69, 9.17) is 0 Å². The highest BCUT2D eigenvalue weighted by atomic mass is 16.3. The SMILES string of the molecule is CC(O)c1ccnc(N2CCCCc3ccccc32)c1. The molecule has 3 rings (SSSR count). The fraction of sp³-hybridized carbons (Fsp3) is 0.353. The molecule has 2 aromatic rings. The second-order valence-electron chi connectivity index (χ2n) is 5.36. The van der Waals surface area contributed by atoms with Crippen molar-refractivity contribution < 1.29 is 5.11 Å². The third kappa shape index (κ3) is 2.54. The molecule has 0 spiro atoms. The van der Waals surface area contributed by atoms with Crippen LogP contribution in [0.1, 0.15) is 37.0 Å². The van der Waals surface area contributed by atoms with Crippen LogP contribution in [-0.2, 0) is 6.42 Å². The first-order valence-corrected chi connectivity index (χ1v) is 7.25. The van der Waals surface area contributed by atoms with Gasteiger partial charge in [-0.3, -0.25) is 0 Å².